The van der Waals surface area contributed by atoms with Gasteiger partial charge in [0.05, 0.1) is 17.2 Å². The lowest BCUT2D eigenvalue weighted by molar-refractivity contribution is -0.121. The Bertz CT molecular complexity index is 472. The van der Waals surface area contributed by atoms with E-state index in [2.05, 4.69) is 10.6 Å². The van der Waals surface area contributed by atoms with Crippen LogP contribution in [0.1, 0.15) is 10.4 Å². The molecule has 0 aliphatic carbocycles. The van der Waals surface area contributed by atoms with Gasteiger partial charge in [-0.25, -0.2) is 9.18 Å². The number of halogens is 1. The van der Waals surface area contributed by atoms with Gasteiger partial charge in [0.15, 0.2) is 0 Å². The normalized spacial score (nSPS) is 15.1. The van der Waals surface area contributed by atoms with Gasteiger partial charge in [-0.1, -0.05) is 0 Å². The number of carboxylic acids is 1. The fourth-order valence-corrected chi connectivity index (χ4v) is 1.46. The molecular formula is C11H11FN2O3. The summed E-state index contributed by atoms with van der Waals surface area (Å²) in [6.45, 7) is 1.17. The number of rotatable bonds is 3. The van der Waals surface area contributed by atoms with E-state index in [4.69, 9.17) is 5.11 Å². The summed E-state index contributed by atoms with van der Waals surface area (Å²) in [7, 11) is 0. The molecule has 2 rings (SSSR count). The van der Waals surface area contributed by atoms with Crippen molar-refractivity contribution in [3.63, 3.8) is 0 Å². The van der Waals surface area contributed by atoms with Crippen LogP contribution in [0.15, 0.2) is 18.2 Å². The molecule has 0 unspecified atom stereocenters. The second-order valence-electron chi connectivity index (χ2n) is 3.84. The molecule has 1 aromatic carbocycles. The van der Waals surface area contributed by atoms with Crippen molar-refractivity contribution in [1.82, 2.24) is 5.32 Å². The van der Waals surface area contributed by atoms with Crippen LogP contribution in [0.25, 0.3) is 0 Å². The van der Waals surface area contributed by atoms with Crippen LogP contribution in [0.2, 0.25) is 0 Å². The van der Waals surface area contributed by atoms with E-state index in [1.165, 1.54) is 12.1 Å². The molecule has 0 radical (unpaired) electrons. The SMILES string of the molecule is O=C(O)c1ccc(NC(=O)C2CNC2)c(F)c1. The monoisotopic (exact) mass is 238 g/mol. The van der Waals surface area contributed by atoms with Crippen molar-refractivity contribution in [2.24, 2.45) is 5.92 Å². The van der Waals surface area contributed by atoms with E-state index >= 15 is 0 Å². The van der Waals surface area contributed by atoms with Crippen molar-refractivity contribution in [3.8, 4) is 0 Å². The predicted molar refractivity (Wildman–Crippen MR) is 58.3 cm³/mol. The maximum Gasteiger partial charge on any atom is 0.335 e. The summed E-state index contributed by atoms with van der Waals surface area (Å²) in [4.78, 5) is 22.1. The van der Waals surface area contributed by atoms with E-state index in [-0.39, 0.29) is 23.1 Å². The van der Waals surface area contributed by atoms with Crippen molar-refractivity contribution >= 4 is 17.6 Å². The summed E-state index contributed by atoms with van der Waals surface area (Å²) in [5.41, 5.74) is -0.141. The summed E-state index contributed by atoms with van der Waals surface area (Å²) in [6, 6.07) is 3.39. The second-order valence-corrected chi connectivity index (χ2v) is 3.84. The van der Waals surface area contributed by atoms with Gasteiger partial charge in [-0.05, 0) is 18.2 Å². The molecule has 1 aromatic rings. The number of hydrogen-bond donors (Lipinski definition) is 3. The molecule has 0 saturated carbocycles. The Labute approximate surface area is 96.6 Å². The minimum absolute atomic E-state index is 0.00639. The first-order valence-electron chi connectivity index (χ1n) is 5.12. The van der Waals surface area contributed by atoms with Gasteiger partial charge in [-0.3, -0.25) is 4.79 Å². The Hall–Kier alpha value is -1.95. The lowest BCUT2D eigenvalue weighted by Crippen LogP contribution is -2.48. The zero-order valence-corrected chi connectivity index (χ0v) is 8.87. The molecule has 5 nitrogen and oxygen atoms in total. The molecule has 0 bridgehead atoms. The highest BCUT2D eigenvalue weighted by molar-refractivity contribution is 5.94. The Morgan fingerprint density at radius 3 is 2.59 bits per heavy atom. The number of carbonyl (C=O) groups is 2. The van der Waals surface area contributed by atoms with E-state index in [0.29, 0.717) is 13.1 Å². The highest BCUT2D eigenvalue weighted by Crippen LogP contribution is 2.17. The van der Waals surface area contributed by atoms with Crippen LogP contribution >= 0.6 is 0 Å². The first-order chi connectivity index (χ1) is 8.08. The van der Waals surface area contributed by atoms with Crippen molar-refractivity contribution in [2.75, 3.05) is 18.4 Å². The average Bonchev–Trinajstić information content (AvgIpc) is 2.18. The van der Waals surface area contributed by atoms with Gasteiger partial charge in [-0.2, -0.15) is 0 Å². The highest BCUT2D eigenvalue weighted by Gasteiger charge is 2.25. The predicted octanol–water partition coefficient (Wildman–Crippen LogP) is 0.682. The zero-order chi connectivity index (χ0) is 12.4. The quantitative estimate of drug-likeness (QED) is 0.723. The standard InChI is InChI=1S/C11H11FN2O3/c12-8-3-6(11(16)17)1-2-9(8)14-10(15)7-4-13-5-7/h1-3,7,13H,4-5H2,(H,14,15)(H,16,17). The molecular weight excluding hydrogens is 227 g/mol. The van der Waals surface area contributed by atoms with E-state index < -0.39 is 11.8 Å². The molecule has 0 aromatic heterocycles. The van der Waals surface area contributed by atoms with Gasteiger partial charge >= 0.3 is 5.97 Å². The van der Waals surface area contributed by atoms with Crippen LogP contribution in [0.4, 0.5) is 10.1 Å². The third-order valence-corrected chi connectivity index (χ3v) is 2.63. The fraction of sp³-hybridized carbons (Fsp3) is 0.273. The number of hydrogen-bond acceptors (Lipinski definition) is 3. The van der Waals surface area contributed by atoms with Crippen molar-refractivity contribution < 1.29 is 19.1 Å². The topological polar surface area (TPSA) is 78.4 Å². The van der Waals surface area contributed by atoms with Gasteiger partial charge < -0.3 is 15.7 Å². The smallest absolute Gasteiger partial charge is 0.335 e. The Morgan fingerprint density at radius 2 is 2.12 bits per heavy atom. The highest BCUT2D eigenvalue weighted by atomic mass is 19.1. The molecule has 1 saturated heterocycles. The maximum atomic E-state index is 13.5. The second kappa shape index (κ2) is 4.50. The third kappa shape index (κ3) is 2.42. The van der Waals surface area contributed by atoms with Gasteiger partial charge in [0.25, 0.3) is 0 Å². The van der Waals surface area contributed by atoms with E-state index in [1.54, 1.807) is 0 Å². The lowest BCUT2D eigenvalue weighted by atomic mass is 10.0. The van der Waals surface area contributed by atoms with E-state index in [1.807, 2.05) is 0 Å². The van der Waals surface area contributed by atoms with Crippen LogP contribution < -0.4 is 10.6 Å². The summed E-state index contributed by atoms with van der Waals surface area (Å²) in [6.07, 6.45) is 0. The molecule has 1 fully saturated rings. The molecule has 0 atom stereocenters. The van der Waals surface area contributed by atoms with Gasteiger partial charge in [-0.15, -0.1) is 0 Å². The van der Waals surface area contributed by atoms with Gasteiger partial charge in [0.2, 0.25) is 5.91 Å². The van der Waals surface area contributed by atoms with E-state index in [9.17, 15) is 14.0 Å². The number of benzene rings is 1. The van der Waals surface area contributed by atoms with Crippen LogP contribution in [-0.4, -0.2) is 30.1 Å². The van der Waals surface area contributed by atoms with Crippen molar-refractivity contribution in [3.05, 3.63) is 29.6 Å². The Balaban J connectivity index is 2.10. The van der Waals surface area contributed by atoms with Crippen LogP contribution in [0.3, 0.4) is 0 Å². The van der Waals surface area contributed by atoms with Crippen LogP contribution in [0.5, 0.6) is 0 Å². The molecule has 90 valence electrons. The van der Waals surface area contributed by atoms with Gasteiger partial charge in [0.1, 0.15) is 5.82 Å². The molecule has 1 amide bonds. The molecule has 1 heterocycles. The van der Waals surface area contributed by atoms with Crippen LogP contribution in [-0.2, 0) is 4.79 Å². The van der Waals surface area contributed by atoms with Crippen LogP contribution in [0, 0.1) is 11.7 Å². The summed E-state index contributed by atoms with van der Waals surface area (Å²) in [5.74, 6) is -2.35. The molecule has 17 heavy (non-hydrogen) atoms. The first-order valence-corrected chi connectivity index (χ1v) is 5.12. The minimum atomic E-state index is -1.20. The summed E-state index contributed by atoms with van der Waals surface area (Å²) >= 11 is 0. The van der Waals surface area contributed by atoms with Crippen molar-refractivity contribution in [2.45, 2.75) is 0 Å². The lowest BCUT2D eigenvalue weighted by Gasteiger charge is -2.25. The molecule has 1 aliphatic heterocycles. The average molecular weight is 238 g/mol. The number of amides is 1. The zero-order valence-electron chi connectivity index (χ0n) is 8.87. The molecule has 0 spiro atoms. The number of carbonyl (C=O) groups excluding carboxylic acids is 1. The van der Waals surface area contributed by atoms with Crippen molar-refractivity contribution in [1.29, 1.82) is 0 Å². The number of nitrogens with one attached hydrogen (secondary N) is 2. The largest absolute Gasteiger partial charge is 0.478 e. The molecule has 6 heteroatoms. The van der Waals surface area contributed by atoms with Gasteiger partial charge in [0, 0.05) is 13.1 Å². The van der Waals surface area contributed by atoms with E-state index in [0.717, 1.165) is 6.07 Å². The fourth-order valence-electron chi connectivity index (χ4n) is 1.46. The summed E-state index contributed by atoms with van der Waals surface area (Å²) < 4.78 is 13.5. The Kier molecular flexibility index (Phi) is 3.06. The Morgan fingerprint density at radius 1 is 1.41 bits per heavy atom. The summed E-state index contributed by atoms with van der Waals surface area (Å²) in [5, 5.41) is 14.0. The number of aromatic carboxylic acids is 1. The maximum absolute atomic E-state index is 13.5. The molecule has 1 aliphatic rings. The molecule has 3 N–H and O–H groups in total. The third-order valence-electron chi connectivity index (χ3n) is 2.63. The number of carboxylic acid groups (broad SMARTS) is 1. The first kappa shape index (κ1) is 11.5. The number of anilines is 1. The minimum Gasteiger partial charge on any atom is -0.478 e.